The van der Waals surface area contributed by atoms with Crippen LogP contribution >= 0.6 is 11.8 Å². The highest BCUT2D eigenvalue weighted by Crippen LogP contribution is 2.26. The predicted molar refractivity (Wildman–Crippen MR) is 68.4 cm³/mol. The molecule has 6 nitrogen and oxygen atoms in total. The zero-order valence-corrected chi connectivity index (χ0v) is 11.5. The van der Waals surface area contributed by atoms with Crippen LogP contribution in [0.15, 0.2) is 22.3 Å². The van der Waals surface area contributed by atoms with E-state index in [0.29, 0.717) is 21.8 Å². The summed E-state index contributed by atoms with van der Waals surface area (Å²) in [6, 6.07) is 3.65. The van der Waals surface area contributed by atoms with Gasteiger partial charge in [0.1, 0.15) is 11.0 Å². The number of hydrogen-bond donors (Lipinski definition) is 0. The van der Waals surface area contributed by atoms with E-state index in [-0.39, 0.29) is 0 Å². The summed E-state index contributed by atoms with van der Waals surface area (Å²) in [5.74, 6) is 0.790. The molecule has 0 aliphatic rings. The maximum Gasteiger partial charge on any atom is 0.220 e. The minimum atomic E-state index is 0.395. The molecule has 0 aliphatic heterocycles. The highest BCUT2D eigenvalue weighted by molar-refractivity contribution is 8.03. The quantitative estimate of drug-likeness (QED) is 0.454. The van der Waals surface area contributed by atoms with Crippen LogP contribution in [-0.4, -0.2) is 43.2 Å². The minimum Gasteiger partial charge on any atom is -0.481 e. The van der Waals surface area contributed by atoms with Gasteiger partial charge >= 0.3 is 0 Å². The fourth-order valence-corrected chi connectivity index (χ4v) is 1.83. The smallest absolute Gasteiger partial charge is 0.220 e. The first-order chi connectivity index (χ1) is 8.58. The third kappa shape index (κ3) is 4.14. The standard InChI is InChI=1S/C11H14N4O2S/c1-15(2)7-8(6-12)18-11-13-9(16-3)5-10(14-11)17-4/h5,7H,1-4H3. The number of allylic oxidation sites excluding steroid dienone is 1. The summed E-state index contributed by atoms with van der Waals surface area (Å²) in [6.07, 6.45) is 1.69. The van der Waals surface area contributed by atoms with Crippen molar-refractivity contribution in [1.29, 1.82) is 5.26 Å². The molecule has 18 heavy (non-hydrogen) atoms. The van der Waals surface area contributed by atoms with Crippen LogP contribution in [0.5, 0.6) is 11.8 Å². The summed E-state index contributed by atoms with van der Waals surface area (Å²) < 4.78 is 10.1. The van der Waals surface area contributed by atoms with Gasteiger partial charge in [-0.2, -0.15) is 15.2 Å². The number of rotatable bonds is 5. The number of thioether (sulfide) groups is 1. The van der Waals surface area contributed by atoms with Gasteiger partial charge in [-0.1, -0.05) is 0 Å². The molecule has 1 aromatic heterocycles. The van der Waals surface area contributed by atoms with E-state index in [0.717, 1.165) is 11.8 Å². The second kappa shape index (κ2) is 6.71. The molecule has 0 radical (unpaired) electrons. The molecule has 0 saturated heterocycles. The summed E-state index contributed by atoms with van der Waals surface area (Å²) in [5, 5.41) is 9.41. The third-order valence-corrected chi connectivity index (χ3v) is 2.55. The van der Waals surface area contributed by atoms with Crippen LogP contribution < -0.4 is 9.47 Å². The van der Waals surface area contributed by atoms with Crippen molar-refractivity contribution in [2.75, 3.05) is 28.3 Å². The molecule has 0 atom stereocenters. The molecule has 96 valence electrons. The van der Waals surface area contributed by atoms with Crippen molar-refractivity contribution >= 4 is 11.8 Å². The van der Waals surface area contributed by atoms with Gasteiger partial charge in [-0.05, 0) is 11.8 Å². The highest BCUT2D eigenvalue weighted by Gasteiger charge is 2.08. The first-order valence-electron chi connectivity index (χ1n) is 5.02. The van der Waals surface area contributed by atoms with Crippen molar-refractivity contribution in [3.05, 3.63) is 17.2 Å². The SMILES string of the molecule is COc1cc(OC)nc(SC(C#N)=CN(C)C)n1. The molecule has 1 heterocycles. The number of methoxy groups -OCH3 is 2. The normalized spacial score (nSPS) is 10.7. The van der Waals surface area contributed by atoms with Gasteiger partial charge in [-0.25, -0.2) is 0 Å². The summed E-state index contributed by atoms with van der Waals surface area (Å²) in [5.41, 5.74) is 0. The second-order valence-electron chi connectivity index (χ2n) is 3.41. The van der Waals surface area contributed by atoms with E-state index in [4.69, 9.17) is 14.7 Å². The lowest BCUT2D eigenvalue weighted by atomic mass is 10.6. The second-order valence-corrected chi connectivity index (χ2v) is 4.42. The van der Waals surface area contributed by atoms with E-state index >= 15 is 0 Å². The van der Waals surface area contributed by atoms with Crippen LogP contribution in [0.25, 0.3) is 0 Å². The van der Waals surface area contributed by atoms with Crippen LogP contribution in [0.3, 0.4) is 0 Å². The van der Waals surface area contributed by atoms with Gasteiger partial charge in [0.05, 0.1) is 20.3 Å². The summed E-state index contributed by atoms with van der Waals surface area (Å²) in [7, 11) is 6.70. The molecule has 0 aromatic carbocycles. The maximum atomic E-state index is 9.01. The molecule has 7 heteroatoms. The number of nitriles is 1. The van der Waals surface area contributed by atoms with Gasteiger partial charge in [0.15, 0.2) is 5.16 Å². The lowest BCUT2D eigenvalue weighted by molar-refractivity contribution is 0.364. The molecule has 0 aliphatic carbocycles. The Morgan fingerprint density at radius 1 is 1.33 bits per heavy atom. The van der Waals surface area contributed by atoms with Crippen molar-refractivity contribution in [3.63, 3.8) is 0 Å². The minimum absolute atomic E-state index is 0.395. The molecule has 0 bridgehead atoms. The van der Waals surface area contributed by atoms with Gasteiger partial charge in [0, 0.05) is 20.3 Å². The zero-order chi connectivity index (χ0) is 13.5. The molecule has 0 unspecified atom stereocenters. The monoisotopic (exact) mass is 266 g/mol. The molecule has 1 aromatic rings. The average molecular weight is 266 g/mol. The zero-order valence-electron chi connectivity index (χ0n) is 10.7. The first-order valence-corrected chi connectivity index (χ1v) is 5.84. The van der Waals surface area contributed by atoms with Crippen molar-refractivity contribution in [2.45, 2.75) is 5.16 Å². The Labute approximate surface area is 110 Å². The Morgan fingerprint density at radius 2 is 1.89 bits per heavy atom. The number of ether oxygens (including phenoxy) is 2. The van der Waals surface area contributed by atoms with E-state index in [2.05, 4.69) is 16.0 Å². The largest absolute Gasteiger partial charge is 0.481 e. The van der Waals surface area contributed by atoms with Crippen molar-refractivity contribution in [2.24, 2.45) is 0 Å². The van der Waals surface area contributed by atoms with Gasteiger partial charge < -0.3 is 14.4 Å². The van der Waals surface area contributed by atoms with E-state index in [1.54, 1.807) is 17.2 Å². The first kappa shape index (κ1) is 14.1. The van der Waals surface area contributed by atoms with Crippen LogP contribution in [0.2, 0.25) is 0 Å². The summed E-state index contributed by atoms with van der Waals surface area (Å²) >= 11 is 1.15. The Kier molecular flexibility index (Phi) is 5.27. The summed E-state index contributed by atoms with van der Waals surface area (Å²) in [4.78, 5) is 10.5. The molecular formula is C11H14N4O2S. The molecule has 0 fully saturated rings. The van der Waals surface area contributed by atoms with Crippen molar-refractivity contribution in [1.82, 2.24) is 14.9 Å². The van der Waals surface area contributed by atoms with E-state index < -0.39 is 0 Å². The van der Waals surface area contributed by atoms with Gasteiger partial charge in [-0.3, -0.25) is 0 Å². The average Bonchev–Trinajstić information content (AvgIpc) is 2.36. The fourth-order valence-electron chi connectivity index (χ4n) is 1.05. The van der Waals surface area contributed by atoms with Crippen LogP contribution in [0, 0.1) is 11.3 Å². The van der Waals surface area contributed by atoms with Gasteiger partial charge in [0.2, 0.25) is 11.8 Å². The Bertz CT molecular complexity index is 460. The summed E-state index contributed by atoms with van der Waals surface area (Å²) in [6.45, 7) is 0. The van der Waals surface area contributed by atoms with Gasteiger partial charge in [0.25, 0.3) is 0 Å². The van der Waals surface area contributed by atoms with E-state index in [9.17, 15) is 0 Å². The highest BCUT2D eigenvalue weighted by atomic mass is 32.2. The topological polar surface area (TPSA) is 71.3 Å². The lowest BCUT2D eigenvalue weighted by Crippen LogP contribution is -2.02. The lowest BCUT2D eigenvalue weighted by Gasteiger charge is -2.07. The molecule has 0 spiro atoms. The molecular weight excluding hydrogens is 252 g/mol. The van der Waals surface area contributed by atoms with E-state index in [1.165, 1.54) is 14.2 Å². The number of hydrogen-bond acceptors (Lipinski definition) is 7. The van der Waals surface area contributed by atoms with Crippen LogP contribution in [0.4, 0.5) is 0 Å². The molecule has 0 N–H and O–H groups in total. The Morgan fingerprint density at radius 3 is 2.28 bits per heavy atom. The van der Waals surface area contributed by atoms with Crippen molar-refractivity contribution < 1.29 is 9.47 Å². The van der Waals surface area contributed by atoms with Crippen LogP contribution in [-0.2, 0) is 0 Å². The van der Waals surface area contributed by atoms with E-state index in [1.807, 2.05) is 14.1 Å². The number of nitrogens with zero attached hydrogens (tertiary/aromatic N) is 4. The van der Waals surface area contributed by atoms with Crippen molar-refractivity contribution in [3.8, 4) is 17.8 Å². The van der Waals surface area contributed by atoms with Gasteiger partial charge in [-0.15, -0.1) is 0 Å². The molecule has 0 saturated carbocycles. The Hall–Kier alpha value is -1.94. The number of aromatic nitrogens is 2. The van der Waals surface area contributed by atoms with Crippen LogP contribution in [0.1, 0.15) is 0 Å². The predicted octanol–water partition coefficient (Wildman–Crippen LogP) is 1.51. The fraction of sp³-hybridized carbons (Fsp3) is 0.364. The Balaban J connectivity index is 2.99. The third-order valence-electron chi connectivity index (χ3n) is 1.76. The molecule has 1 rings (SSSR count). The maximum absolute atomic E-state index is 9.01. The molecule has 0 amide bonds.